The number of para-hydroxylation sites is 4. The first-order valence-corrected chi connectivity index (χ1v) is 9.64. The summed E-state index contributed by atoms with van der Waals surface area (Å²) in [7, 11) is 0. The SMILES string of the molecule is Oc1ccccc1OCCNCC(O)COc1cccc2c1[nH]c1ccccc12. The van der Waals surface area contributed by atoms with Crippen LogP contribution in [0.1, 0.15) is 0 Å². The molecule has 4 rings (SSSR count). The normalized spacial score (nSPS) is 12.3. The third-order valence-electron chi connectivity index (χ3n) is 4.72. The third kappa shape index (κ3) is 4.45. The highest BCUT2D eigenvalue weighted by molar-refractivity contribution is 6.09. The first kappa shape index (κ1) is 19.1. The van der Waals surface area contributed by atoms with Crippen LogP contribution in [0, 0.1) is 0 Å². The van der Waals surface area contributed by atoms with Crippen LogP contribution >= 0.6 is 0 Å². The molecule has 1 atom stereocenters. The molecule has 0 amide bonds. The largest absolute Gasteiger partial charge is 0.504 e. The first-order valence-electron chi connectivity index (χ1n) is 9.64. The number of benzene rings is 3. The van der Waals surface area contributed by atoms with Crippen molar-refractivity contribution in [2.24, 2.45) is 0 Å². The molecule has 6 nitrogen and oxygen atoms in total. The van der Waals surface area contributed by atoms with E-state index in [-0.39, 0.29) is 12.4 Å². The average Bonchev–Trinajstić information content (AvgIpc) is 3.12. The van der Waals surface area contributed by atoms with Gasteiger partial charge in [0, 0.05) is 29.4 Å². The molecule has 6 heteroatoms. The Labute approximate surface area is 168 Å². The summed E-state index contributed by atoms with van der Waals surface area (Å²) in [4.78, 5) is 3.39. The highest BCUT2D eigenvalue weighted by Gasteiger charge is 2.11. The summed E-state index contributed by atoms with van der Waals surface area (Å²) in [6, 6.07) is 20.9. The van der Waals surface area contributed by atoms with Gasteiger partial charge in [-0.15, -0.1) is 0 Å². The van der Waals surface area contributed by atoms with Crippen LogP contribution in [0.3, 0.4) is 0 Å². The maximum absolute atomic E-state index is 10.2. The molecule has 4 aromatic rings. The predicted octanol–water partition coefficient (Wildman–Crippen LogP) is 3.44. The molecular formula is C23H24N2O4. The molecule has 1 heterocycles. The topological polar surface area (TPSA) is 86.7 Å². The van der Waals surface area contributed by atoms with Crippen LogP contribution in [-0.4, -0.2) is 47.6 Å². The molecule has 0 saturated heterocycles. The Kier molecular flexibility index (Phi) is 5.84. The zero-order chi connectivity index (χ0) is 20.1. The van der Waals surface area contributed by atoms with Gasteiger partial charge in [0.25, 0.3) is 0 Å². The van der Waals surface area contributed by atoms with E-state index in [0.29, 0.717) is 25.4 Å². The van der Waals surface area contributed by atoms with Gasteiger partial charge in [-0.25, -0.2) is 0 Å². The number of nitrogens with one attached hydrogen (secondary N) is 2. The Morgan fingerprint density at radius 2 is 1.62 bits per heavy atom. The lowest BCUT2D eigenvalue weighted by Gasteiger charge is -2.14. The molecule has 0 aliphatic carbocycles. The number of hydrogen-bond donors (Lipinski definition) is 4. The number of fused-ring (bicyclic) bond motifs is 3. The van der Waals surface area contributed by atoms with E-state index >= 15 is 0 Å². The van der Waals surface area contributed by atoms with Gasteiger partial charge in [0.1, 0.15) is 25.1 Å². The number of phenolic OH excluding ortho intramolecular Hbond substituents is 1. The van der Waals surface area contributed by atoms with Crippen molar-refractivity contribution < 1.29 is 19.7 Å². The van der Waals surface area contributed by atoms with Gasteiger partial charge in [0.2, 0.25) is 0 Å². The first-order chi connectivity index (χ1) is 14.2. The zero-order valence-corrected chi connectivity index (χ0v) is 16.0. The fraction of sp³-hybridized carbons (Fsp3) is 0.217. The predicted molar refractivity (Wildman–Crippen MR) is 114 cm³/mol. The number of H-pyrrole nitrogens is 1. The highest BCUT2D eigenvalue weighted by Crippen LogP contribution is 2.31. The van der Waals surface area contributed by atoms with Crippen LogP contribution in [0.25, 0.3) is 21.8 Å². The van der Waals surface area contributed by atoms with Gasteiger partial charge in [-0.05, 0) is 24.3 Å². The summed E-state index contributed by atoms with van der Waals surface area (Å²) in [5.41, 5.74) is 2.00. The number of aromatic hydroxyl groups is 1. The summed E-state index contributed by atoms with van der Waals surface area (Å²) in [5.74, 6) is 1.29. The Hall–Kier alpha value is -3.22. The van der Waals surface area contributed by atoms with Crippen LogP contribution in [0.5, 0.6) is 17.2 Å². The molecule has 0 radical (unpaired) electrons. The van der Waals surface area contributed by atoms with E-state index < -0.39 is 6.10 Å². The van der Waals surface area contributed by atoms with E-state index in [4.69, 9.17) is 9.47 Å². The molecular weight excluding hydrogens is 368 g/mol. The lowest BCUT2D eigenvalue weighted by Crippen LogP contribution is -2.33. The number of rotatable bonds is 9. The molecule has 0 fully saturated rings. The summed E-state index contributed by atoms with van der Waals surface area (Å²) < 4.78 is 11.4. The van der Waals surface area contributed by atoms with Crippen molar-refractivity contribution in [1.29, 1.82) is 0 Å². The molecule has 1 unspecified atom stereocenters. The van der Waals surface area contributed by atoms with Gasteiger partial charge < -0.3 is 30.0 Å². The smallest absolute Gasteiger partial charge is 0.160 e. The van der Waals surface area contributed by atoms with Crippen LogP contribution in [0.2, 0.25) is 0 Å². The molecule has 0 saturated carbocycles. The Bertz CT molecular complexity index is 1090. The number of aliphatic hydroxyl groups is 1. The van der Waals surface area contributed by atoms with Crippen LogP contribution in [0.15, 0.2) is 66.7 Å². The van der Waals surface area contributed by atoms with Crippen molar-refractivity contribution in [3.63, 3.8) is 0 Å². The zero-order valence-electron chi connectivity index (χ0n) is 16.0. The van der Waals surface area contributed by atoms with Gasteiger partial charge in [-0.2, -0.15) is 0 Å². The molecule has 1 aromatic heterocycles. The summed E-state index contributed by atoms with van der Waals surface area (Å²) in [6.07, 6.45) is -0.653. The van der Waals surface area contributed by atoms with Crippen LogP contribution in [-0.2, 0) is 0 Å². The van der Waals surface area contributed by atoms with Gasteiger partial charge in [-0.1, -0.05) is 42.5 Å². The summed E-state index contributed by atoms with van der Waals surface area (Å²) in [5, 5.41) is 25.2. The Balaban J connectivity index is 1.26. The Morgan fingerprint density at radius 3 is 2.52 bits per heavy atom. The van der Waals surface area contributed by atoms with Crippen molar-refractivity contribution in [2.75, 3.05) is 26.3 Å². The molecule has 0 aliphatic rings. The second-order valence-electron chi connectivity index (χ2n) is 6.83. The number of aliphatic hydroxyl groups excluding tert-OH is 1. The molecule has 29 heavy (non-hydrogen) atoms. The monoisotopic (exact) mass is 392 g/mol. The van der Waals surface area contributed by atoms with Crippen LogP contribution < -0.4 is 14.8 Å². The maximum atomic E-state index is 10.2. The van der Waals surface area contributed by atoms with E-state index in [9.17, 15) is 10.2 Å². The van der Waals surface area contributed by atoms with E-state index in [1.54, 1.807) is 24.3 Å². The highest BCUT2D eigenvalue weighted by atomic mass is 16.5. The Morgan fingerprint density at radius 1 is 0.862 bits per heavy atom. The van der Waals surface area contributed by atoms with Gasteiger partial charge in [-0.3, -0.25) is 0 Å². The molecule has 4 N–H and O–H groups in total. The number of hydrogen-bond acceptors (Lipinski definition) is 5. The second kappa shape index (κ2) is 8.86. The number of aromatic nitrogens is 1. The standard InChI is InChI=1S/C23H24N2O4/c26-16(14-24-12-13-28-21-10-4-3-9-20(21)27)15-29-22-11-5-7-18-17-6-1-2-8-19(17)25-23(18)22/h1-11,16,24-27H,12-15H2. The lowest BCUT2D eigenvalue weighted by atomic mass is 10.1. The minimum Gasteiger partial charge on any atom is -0.504 e. The van der Waals surface area contributed by atoms with Gasteiger partial charge in [0.05, 0.1) is 5.52 Å². The van der Waals surface area contributed by atoms with E-state index in [1.807, 2.05) is 30.3 Å². The van der Waals surface area contributed by atoms with Crippen molar-refractivity contribution in [1.82, 2.24) is 10.3 Å². The minimum absolute atomic E-state index is 0.118. The summed E-state index contributed by atoms with van der Waals surface area (Å²) >= 11 is 0. The van der Waals surface area contributed by atoms with Crippen molar-refractivity contribution in [2.45, 2.75) is 6.10 Å². The number of ether oxygens (including phenoxy) is 2. The maximum Gasteiger partial charge on any atom is 0.160 e. The lowest BCUT2D eigenvalue weighted by molar-refractivity contribution is 0.106. The number of aromatic amines is 1. The fourth-order valence-corrected chi connectivity index (χ4v) is 3.29. The van der Waals surface area contributed by atoms with Crippen molar-refractivity contribution in [3.05, 3.63) is 66.7 Å². The molecule has 0 bridgehead atoms. The molecule has 150 valence electrons. The van der Waals surface area contributed by atoms with Crippen LogP contribution in [0.4, 0.5) is 0 Å². The van der Waals surface area contributed by atoms with E-state index in [1.165, 1.54) is 0 Å². The van der Waals surface area contributed by atoms with Crippen molar-refractivity contribution in [3.8, 4) is 17.2 Å². The van der Waals surface area contributed by atoms with E-state index in [0.717, 1.165) is 27.6 Å². The average molecular weight is 392 g/mol. The molecule has 0 aliphatic heterocycles. The minimum atomic E-state index is -0.653. The quantitative estimate of drug-likeness (QED) is 0.328. The molecule has 3 aromatic carbocycles. The van der Waals surface area contributed by atoms with Gasteiger partial charge in [0.15, 0.2) is 11.5 Å². The van der Waals surface area contributed by atoms with Crippen molar-refractivity contribution >= 4 is 21.8 Å². The van der Waals surface area contributed by atoms with Gasteiger partial charge >= 0.3 is 0 Å². The van der Waals surface area contributed by atoms with E-state index in [2.05, 4.69) is 22.4 Å². The third-order valence-corrected chi connectivity index (χ3v) is 4.72. The molecule has 0 spiro atoms. The number of phenols is 1. The summed E-state index contributed by atoms with van der Waals surface area (Å²) in [6.45, 7) is 1.50. The fourth-order valence-electron chi connectivity index (χ4n) is 3.29. The second-order valence-corrected chi connectivity index (χ2v) is 6.83.